The maximum Gasteiger partial charge on any atom is 0.270 e. The van der Waals surface area contributed by atoms with Crippen LogP contribution in [-0.4, -0.2) is 26.7 Å². The first-order chi connectivity index (χ1) is 17.0. The van der Waals surface area contributed by atoms with Crippen LogP contribution in [0.5, 0.6) is 11.5 Å². The zero-order valence-electron chi connectivity index (χ0n) is 18.7. The van der Waals surface area contributed by atoms with E-state index < -0.39 is 11.8 Å². The van der Waals surface area contributed by atoms with Crippen LogP contribution in [0.1, 0.15) is 11.3 Å². The Morgan fingerprint density at radius 2 is 1.49 bits per heavy atom. The first-order valence-electron chi connectivity index (χ1n) is 10.9. The number of rotatable bonds is 5. The topological polar surface area (TPSA) is 76.5 Å². The van der Waals surface area contributed by atoms with Crippen molar-refractivity contribution in [2.75, 3.05) is 4.90 Å². The molecule has 0 aliphatic carbocycles. The van der Waals surface area contributed by atoms with Crippen LogP contribution < -0.4 is 15.0 Å². The second kappa shape index (κ2) is 9.36. The van der Waals surface area contributed by atoms with Gasteiger partial charge in [-0.2, -0.15) is 5.10 Å². The molecule has 172 valence electrons. The molecule has 1 aromatic heterocycles. The maximum absolute atomic E-state index is 13.4. The van der Waals surface area contributed by atoms with Crippen molar-refractivity contribution in [2.24, 2.45) is 0 Å². The molecule has 4 aromatic rings. The molecule has 1 fully saturated rings. The minimum Gasteiger partial charge on any atom is -0.457 e. The van der Waals surface area contributed by atoms with Gasteiger partial charge in [0.1, 0.15) is 17.1 Å². The summed E-state index contributed by atoms with van der Waals surface area (Å²) in [5.74, 6) is 0.252. The Kier molecular flexibility index (Phi) is 5.95. The maximum atomic E-state index is 13.4. The molecule has 2 heterocycles. The van der Waals surface area contributed by atoms with Crippen molar-refractivity contribution in [3.63, 3.8) is 0 Å². The second-order valence-electron chi connectivity index (χ2n) is 7.80. The number of ether oxygens (including phenoxy) is 1. The first-order valence-corrected chi connectivity index (χ1v) is 11.3. The largest absolute Gasteiger partial charge is 0.457 e. The molecule has 0 bridgehead atoms. The quantitative estimate of drug-likeness (QED) is 0.252. The van der Waals surface area contributed by atoms with Crippen molar-refractivity contribution in [2.45, 2.75) is 6.92 Å². The van der Waals surface area contributed by atoms with Crippen LogP contribution in [0.2, 0.25) is 0 Å². The van der Waals surface area contributed by atoms with Gasteiger partial charge >= 0.3 is 0 Å². The summed E-state index contributed by atoms with van der Waals surface area (Å²) in [6, 6.07) is 25.9. The SMILES string of the molecule is Cc1c(C=C2C(=O)NC(=S)N(c3ccc(Oc4ccccc4)cc3)C2=O)cnn1-c1ccccc1. The Balaban J connectivity index is 1.42. The molecule has 7 nitrogen and oxygen atoms in total. The van der Waals surface area contributed by atoms with Gasteiger partial charge in [-0.25, -0.2) is 4.68 Å². The second-order valence-corrected chi connectivity index (χ2v) is 8.19. The van der Waals surface area contributed by atoms with Crippen LogP contribution in [0, 0.1) is 6.92 Å². The minimum absolute atomic E-state index is 0.0191. The molecule has 0 saturated carbocycles. The summed E-state index contributed by atoms with van der Waals surface area (Å²) in [6.45, 7) is 1.88. The minimum atomic E-state index is -0.549. The van der Waals surface area contributed by atoms with E-state index in [0.29, 0.717) is 22.7 Å². The van der Waals surface area contributed by atoms with Gasteiger partial charge in [-0.15, -0.1) is 0 Å². The fraction of sp³-hybridized carbons (Fsp3) is 0.0370. The average molecular weight is 481 g/mol. The highest BCUT2D eigenvalue weighted by Gasteiger charge is 2.34. The van der Waals surface area contributed by atoms with E-state index in [1.807, 2.05) is 67.6 Å². The Bertz CT molecular complexity index is 1450. The molecule has 3 aromatic carbocycles. The van der Waals surface area contributed by atoms with Gasteiger partial charge in [0, 0.05) is 11.3 Å². The molecular formula is C27H20N4O3S. The van der Waals surface area contributed by atoms with Gasteiger partial charge in [-0.05, 0) is 73.7 Å². The van der Waals surface area contributed by atoms with Crippen molar-refractivity contribution >= 4 is 40.9 Å². The molecule has 1 aliphatic heterocycles. The number of carbonyl (C=O) groups is 2. The fourth-order valence-corrected chi connectivity index (χ4v) is 4.01. The zero-order chi connectivity index (χ0) is 24.4. The Morgan fingerprint density at radius 1 is 0.857 bits per heavy atom. The summed E-state index contributed by atoms with van der Waals surface area (Å²) in [4.78, 5) is 27.3. The van der Waals surface area contributed by atoms with Crippen LogP contribution in [0.15, 0.2) is 96.7 Å². The molecule has 35 heavy (non-hydrogen) atoms. The molecule has 1 aliphatic rings. The summed E-state index contributed by atoms with van der Waals surface area (Å²) >= 11 is 5.31. The van der Waals surface area contributed by atoms with E-state index in [-0.39, 0.29) is 10.7 Å². The number of nitrogens with one attached hydrogen (secondary N) is 1. The number of carbonyl (C=O) groups excluding carboxylic acids is 2. The molecule has 0 unspecified atom stereocenters. The molecule has 0 atom stereocenters. The lowest BCUT2D eigenvalue weighted by molar-refractivity contribution is -0.122. The molecule has 5 rings (SSSR count). The Hall–Kier alpha value is -4.56. The molecule has 1 N–H and O–H groups in total. The van der Waals surface area contributed by atoms with Crippen molar-refractivity contribution in [1.29, 1.82) is 0 Å². The zero-order valence-corrected chi connectivity index (χ0v) is 19.5. The van der Waals surface area contributed by atoms with Crippen LogP contribution >= 0.6 is 12.2 Å². The smallest absolute Gasteiger partial charge is 0.270 e. The van der Waals surface area contributed by atoms with Crippen molar-refractivity contribution in [1.82, 2.24) is 15.1 Å². The van der Waals surface area contributed by atoms with Gasteiger partial charge in [0.05, 0.1) is 17.6 Å². The normalized spacial score (nSPS) is 14.8. The van der Waals surface area contributed by atoms with E-state index in [4.69, 9.17) is 17.0 Å². The Labute approximate surface area is 207 Å². The van der Waals surface area contributed by atoms with Gasteiger partial charge in [0.2, 0.25) is 0 Å². The fourth-order valence-electron chi connectivity index (χ4n) is 3.73. The molecule has 2 amide bonds. The summed E-state index contributed by atoms with van der Waals surface area (Å²) in [5.41, 5.74) is 2.83. The molecule has 0 radical (unpaired) electrons. The van der Waals surface area contributed by atoms with Crippen LogP contribution in [0.3, 0.4) is 0 Å². The van der Waals surface area contributed by atoms with E-state index in [2.05, 4.69) is 10.4 Å². The lowest BCUT2D eigenvalue weighted by Gasteiger charge is -2.29. The first kappa shape index (κ1) is 22.2. The Morgan fingerprint density at radius 3 is 2.17 bits per heavy atom. The highest BCUT2D eigenvalue weighted by molar-refractivity contribution is 7.80. The third-order valence-corrected chi connectivity index (χ3v) is 5.81. The average Bonchev–Trinajstić information content (AvgIpc) is 3.24. The molecule has 0 spiro atoms. The lowest BCUT2D eigenvalue weighted by atomic mass is 10.1. The number of amides is 2. The standard InChI is InChI=1S/C27H20N4O3S/c1-18-19(17-28-31(18)21-8-4-2-5-9-21)16-24-25(32)29-27(35)30(26(24)33)20-12-14-23(15-13-20)34-22-10-6-3-7-11-22/h2-17H,1H3,(H,29,32,35). The van der Waals surface area contributed by atoms with E-state index in [1.165, 1.54) is 4.90 Å². The van der Waals surface area contributed by atoms with E-state index in [9.17, 15) is 9.59 Å². The van der Waals surface area contributed by atoms with Gasteiger partial charge in [-0.3, -0.25) is 19.8 Å². The molecule has 8 heteroatoms. The van der Waals surface area contributed by atoms with E-state index in [0.717, 1.165) is 11.4 Å². The number of nitrogens with zero attached hydrogens (tertiary/aromatic N) is 3. The lowest BCUT2D eigenvalue weighted by Crippen LogP contribution is -2.54. The van der Waals surface area contributed by atoms with Gasteiger partial charge in [-0.1, -0.05) is 36.4 Å². The molecular weight excluding hydrogens is 460 g/mol. The van der Waals surface area contributed by atoms with Crippen LogP contribution in [-0.2, 0) is 9.59 Å². The number of hydrogen-bond donors (Lipinski definition) is 1. The number of benzene rings is 3. The summed E-state index contributed by atoms with van der Waals surface area (Å²) in [7, 11) is 0. The molecule has 1 saturated heterocycles. The highest BCUT2D eigenvalue weighted by Crippen LogP contribution is 2.27. The predicted molar refractivity (Wildman–Crippen MR) is 137 cm³/mol. The van der Waals surface area contributed by atoms with E-state index >= 15 is 0 Å². The third-order valence-electron chi connectivity index (χ3n) is 5.52. The number of para-hydroxylation sites is 2. The monoisotopic (exact) mass is 480 g/mol. The van der Waals surface area contributed by atoms with Crippen molar-refractivity contribution in [3.8, 4) is 17.2 Å². The number of thiocarbonyl (C=S) groups is 1. The summed E-state index contributed by atoms with van der Waals surface area (Å²) in [6.07, 6.45) is 3.17. The van der Waals surface area contributed by atoms with Gasteiger partial charge < -0.3 is 4.74 Å². The number of hydrogen-bond acceptors (Lipinski definition) is 5. The van der Waals surface area contributed by atoms with Crippen LogP contribution in [0.4, 0.5) is 5.69 Å². The number of aromatic nitrogens is 2. The van der Waals surface area contributed by atoms with Gasteiger partial charge in [0.25, 0.3) is 11.8 Å². The van der Waals surface area contributed by atoms with Crippen molar-refractivity contribution in [3.05, 3.63) is 108 Å². The van der Waals surface area contributed by atoms with E-state index in [1.54, 1.807) is 41.2 Å². The summed E-state index contributed by atoms with van der Waals surface area (Å²) < 4.78 is 7.57. The third kappa shape index (κ3) is 4.47. The predicted octanol–water partition coefficient (Wildman–Crippen LogP) is 4.80. The number of anilines is 1. The van der Waals surface area contributed by atoms with Crippen LogP contribution in [0.25, 0.3) is 11.8 Å². The van der Waals surface area contributed by atoms with Crippen molar-refractivity contribution < 1.29 is 14.3 Å². The summed E-state index contributed by atoms with van der Waals surface area (Å²) in [5, 5.41) is 7.04. The highest BCUT2D eigenvalue weighted by atomic mass is 32.1. The van der Waals surface area contributed by atoms with Gasteiger partial charge in [0.15, 0.2) is 5.11 Å².